The number of alkyl halides is 3. The molecule has 1 atom stereocenters. The van der Waals surface area contributed by atoms with Gasteiger partial charge in [-0.2, -0.15) is 13.2 Å². The lowest BCUT2D eigenvalue weighted by Gasteiger charge is -2.36. The van der Waals surface area contributed by atoms with Crippen LogP contribution in [0.3, 0.4) is 0 Å². The summed E-state index contributed by atoms with van der Waals surface area (Å²) >= 11 is 0. The number of aromatic nitrogens is 1. The van der Waals surface area contributed by atoms with Crippen molar-refractivity contribution in [2.24, 2.45) is 0 Å². The van der Waals surface area contributed by atoms with E-state index in [2.05, 4.69) is 10.3 Å². The van der Waals surface area contributed by atoms with Gasteiger partial charge in [0.2, 0.25) is 0 Å². The molecule has 34 heavy (non-hydrogen) atoms. The molecule has 8 nitrogen and oxygen atoms in total. The Kier molecular flexibility index (Phi) is 5.74. The van der Waals surface area contributed by atoms with Gasteiger partial charge in [-0.3, -0.25) is 14.9 Å². The van der Waals surface area contributed by atoms with Crippen LogP contribution in [0.1, 0.15) is 39.5 Å². The monoisotopic (exact) mass is 475 g/mol. The van der Waals surface area contributed by atoms with Crippen LogP contribution >= 0.6 is 0 Å². The summed E-state index contributed by atoms with van der Waals surface area (Å²) in [6, 6.07) is 4.31. The van der Waals surface area contributed by atoms with Crippen LogP contribution in [0, 0.1) is 13.8 Å². The Morgan fingerprint density at radius 3 is 2.32 bits per heavy atom. The number of aryl methyl sites for hydroxylation is 2. The highest BCUT2D eigenvalue weighted by Crippen LogP contribution is 2.36. The summed E-state index contributed by atoms with van der Waals surface area (Å²) in [5, 5.41) is 4.36. The Bertz CT molecular complexity index is 1170. The minimum atomic E-state index is -4.83. The van der Waals surface area contributed by atoms with Crippen LogP contribution in [0.25, 0.3) is 0 Å². The molecular formula is C23H24F3N5O3. The van der Waals surface area contributed by atoms with Crippen LogP contribution in [0.2, 0.25) is 0 Å². The van der Waals surface area contributed by atoms with E-state index >= 15 is 0 Å². The number of anilines is 1. The molecule has 0 bridgehead atoms. The summed E-state index contributed by atoms with van der Waals surface area (Å²) in [4.78, 5) is 44.6. The zero-order valence-corrected chi connectivity index (χ0v) is 18.9. The number of hydrogen-bond acceptors (Lipinski definition) is 5. The lowest BCUT2D eigenvalue weighted by atomic mass is 9.89. The fourth-order valence-corrected chi connectivity index (χ4v) is 4.35. The molecule has 2 aliphatic rings. The van der Waals surface area contributed by atoms with Gasteiger partial charge in [0.25, 0.3) is 11.8 Å². The number of carbonyl (C=O) groups excluding carboxylic acids is 3. The van der Waals surface area contributed by atoms with Gasteiger partial charge in [-0.25, -0.2) is 9.78 Å². The maximum atomic E-state index is 13.9. The summed E-state index contributed by atoms with van der Waals surface area (Å²) in [6.45, 7) is 6.55. The average molecular weight is 475 g/mol. The molecule has 2 fully saturated rings. The second-order valence-electron chi connectivity index (χ2n) is 8.72. The topological polar surface area (TPSA) is 94.6 Å². The van der Waals surface area contributed by atoms with Crippen molar-refractivity contribution in [3.8, 4) is 0 Å². The number of piperazine rings is 1. The van der Waals surface area contributed by atoms with E-state index in [0.717, 1.165) is 29.1 Å². The fraction of sp³-hybridized carbons (Fsp3) is 0.391. The van der Waals surface area contributed by atoms with Crippen LogP contribution in [-0.4, -0.2) is 53.9 Å². The van der Waals surface area contributed by atoms with E-state index in [0.29, 0.717) is 13.1 Å². The molecule has 2 aromatic rings. The Morgan fingerprint density at radius 1 is 1.09 bits per heavy atom. The van der Waals surface area contributed by atoms with E-state index in [-0.39, 0.29) is 18.7 Å². The van der Waals surface area contributed by atoms with Crippen molar-refractivity contribution in [2.75, 3.05) is 31.1 Å². The number of rotatable bonds is 3. The van der Waals surface area contributed by atoms with E-state index in [1.807, 2.05) is 30.1 Å². The normalized spacial score (nSPS) is 20.9. The van der Waals surface area contributed by atoms with Crippen molar-refractivity contribution in [3.63, 3.8) is 0 Å². The second kappa shape index (κ2) is 8.30. The minimum absolute atomic E-state index is 0.0644. The van der Waals surface area contributed by atoms with Crippen LogP contribution in [0.4, 0.5) is 23.8 Å². The maximum Gasteiger partial charge on any atom is 0.417 e. The summed E-state index contributed by atoms with van der Waals surface area (Å²) in [7, 11) is 0. The molecule has 0 saturated carbocycles. The van der Waals surface area contributed by atoms with Gasteiger partial charge >= 0.3 is 12.2 Å². The molecule has 11 heteroatoms. The maximum absolute atomic E-state index is 13.9. The number of carbonyl (C=O) groups is 3. The largest absolute Gasteiger partial charge is 0.417 e. The first-order valence-electron chi connectivity index (χ1n) is 10.7. The third-order valence-corrected chi connectivity index (χ3v) is 6.23. The number of nitrogens with zero attached hydrogens (tertiary/aromatic N) is 3. The van der Waals surface area contributed by atoms with E-state index in [1.165, 1.54) is 17.9 Å². The minimum Gasteiger partial charge on any atom is -0.353 e. The number of urea groups is 1. The molecule has 4 amide bonds. The van der Waals surface area contributed by atoms with E-state index in [1.54, 1.807) is 6.20 Å². The Hall–Kier alpha value is -3.63. The van der Waals surface area contributed by atoms with Gasteiger partial charge in [-0.05, 0) is 49.6 Å². The fourth-order valence-electron chi connectivity index (χ4n) is 4.35. The van der Waals surface area contributed by atoms with Crippen LogP contribution < -0.4 is 15.5 Å². The Labute approximate surface area is 194 Å². The molecule has 2 saturated heterocycles. The highest BCUT2D eigenvalue weighted by Gasteiger charge is 2.45. The smallest absolute Gasteiger partial charge is 0.353 e. The van der Waals surface area contributed by atoms with Crippen molar-refractivity contribution in [3.05, 3.63) is 58.3 Å². The van der Waals surface area contributed by atoms with E-state index in [4.69, 9.17) is 0 Å². The number of halogens is 3. The zero-order valence-electron chi connectivity index (χ0n) is 18.9. The standard InChI is InChI=1S/C23H24F3N5O3/c1-13-10-14(2)18(27-12-13)30-6-8-31(9-7-30)19(32)16-5-4-15(11-17(16)23(24,25)26)22(3)20(33)28-21(34)29-22/h4-5,10-12H,6-9H2,1-3H3,(H2,28,29,33,34). The molecule has 0 spiro atoms. The summed E-state index contributed by atoms with van der Waals surface area (Å²) in [6.07, 6.45) is -3.08. The first-order valence-corrected chi connectivity index (χ1v) is 10.7. The number of hydrogen-bond donors (Lipinski definition) is 2. The number of pyridine rings is 1. The van der Waals surface area contributed by atoms with Gasteiger partial charge in [-0.1, -0.05) is 12.1 Å². The lowest BCUT2D eigenvalue weighted by Crippen LogP contribution is -2.49. The third-order valence-electron chi connectivity index (χ3n) is 6.23. The van der Waals surface area contributed by atoms with Crippen molar-refractivity contribution in [2.45, 2.75) is 32.5 Å². The summed E-state index contributed by atoms with van der Waals surface area (Å²) in [5.41, 5.74) is -1.35. The molecule has 1 aromatic heterocycles. The molecule has 4 rings (SSSR count). The predicted octanol–water partition coefficient (Wildman–Crippen LogP) is 2.73. The van der Waals surface area contributed by atoms with Gasteiger partial charge in [0.15, 0.2) is 0 Å². The number of imide groups is 1. The molecule has 1 aromatic carbocycles. The molecule has 0 radical (unpaired) electrons. The first kappa shape index (κ1) is 23.5. The SMILES string of the molecule is Cc1cnc(N2CCN(C(=O)c3ccc(C4(C)NC(=O)NC4=O)cc3C(F)(F)F)CC2)c(C)c1. The quantitative estimate of drug-likeness (QED) is 0.666. The molecular weight excluding hydrogens is 451 g/mol. The van der Waals surface area contributed by atoms with Gasteiger partial charge in [0.1, 0.15) is 11.4 Å². The third kappa shape index (κ3) is 4.17. The number of amides is 4. The van der Waals surface area contributed by atoms with Gasteiger partial charge in [-0.15, -0.1) is 0 Å². The van der Waals surface area contributed by atoms with E-state index < -0.39 is 40.7 Å². The van der Waals surface area contributed by atoms with Crippen LogP contribution in [0.15, 0.2) is 30.5 Å². The van der Waals surface area contributed by atoms with Crippen molar-refractivity contribution < 1.29 is 27.6 Å². The van der Waals surface area contributed by atoms with Crippen LogP contribution in [-0.2, 0) is 16.5 Å². The van der Waals surface area contributed by atoms with Gasteiger partial charge < -0.3 is 15.1 Å². The molecule has 3 heterocycles. The summed E-state index contributed by atoms with van der Waals surface area (Å²) in [5.74, 6) is -0.707. The predicted molar refractivity (Wildman–Crippen MR) is 117 cm³/mol. The highest BCUT2D eigenvalue weighted by molar-refractivity contribution is 6.07. The van der Waals surface area contributed by atoms with Gasteiger partial charge in [0.05, 0.1) is 11.1 Å². The highest BCUT2D eigenvalue weighted by atomic mass is 19.4. The lowest BCUT2D eigenvalue weighted by molar-refractivity contribution is -0.138. The van der Waals surface area contributed by atoms with Gasteiger partial charge in [0, 0.05) is 32.4 Å². The molecule has 1 unspecified atom stereocenters. The zero-order chi connectivity index (χ0) is 24.8. The number of nitrogens with one attached hydrogen (secondary N) is 2. The number of benzene rings is 1. The van der Waals surface area contributed by atoms with Crippen molar-refractivity contribution >= 4 is 23.7 Å². The molecule has 0 aliphatic carbocycles. The van der Waals surface area contributed by atoms with E-state index in [9.17, 15) is 27.6 Å². The molecule has 180 valence electrons. The first-order chi connectivity index (χ1) is 15.9. The molecule has 2 aliphatic heterocycles. The Balaban J connectivity index is 1.57. The van der Waals surface area contributed by atoms with Crippen LogP contribution in [0.5, 0.6) is 0 Å². The average Bonchev–Trinajstić information content (AvgIpc) is 3.04. The summed E-state index contributed by atoms with van der Waals surface area (Å²) < 4.78 is 41.8. The second-order valence-corrected chi connectivity index (χ2v) is 8.72. The molecule has 2 N–H and O–H groups in total. The van der Waals surface area contributed by atoms with Crippen molar-refractivity contribution in [1.29, 1.82) is 0 Å². The Morgan fingerprint density at radius 2 is 1.76 bits per heavy atom. The van der Waals surface area contributed by atoms with Crippen molar-refractivity contribution in [1.82, 2.24) is 20.5 Å².